The Bertz CT molecular complexity index is 607. The highest BCUT2D eigenvalue weighted by Crippen LogP contribution is 2.34. The average molecular weight is 276 g/mol. The number of aromatic nitrogens is 2. The van der Waals surface area contributed by atoms with E-state index in [-0.39, 0.29) is 0 Å². The number of nitrogens with zero attached hydrogens (tertiary/aromatic N) is 2. The summed E-state index contributed by atoms with van der Waals surface area (Å²) < 4.78 is 18.7. The third-order valence-corrected chi connectivity index (χ3v) is 3.48. The molecule has 0 aliphatic carbocycles. The van der Waals surface area contributed by atoms with Gasteiger partial charge in [-0.2, -0.15) is 0 Å². The van der Waals surface area contributed by atoms with E-state index in [1.165, 1.54) is 0 Å². The number of methoxy groups -OCH3 is 1. The highest BCUT2D eigenvalue weighted by molar-refractivity contribution is 5.80. The van der Waals surface area contributed by atoms with Crippen molar-refractivity contribution in [2.24, 2.45) is 0 Å². The predicted molar refractivity (Wildman–Crippen MR) is 76.6 cm³/mol. The highest BCUT2D eigenvalue weighted by Gasteiger charge is 2.17. The fourth-order valence-corrected chi connectivity index (χ4v) is 2.56. The smallest absolute Gasteiger partial charge is 0.163 e. The molecule has 1 aliphatic rings. The van der Waals surface area contributed by atoms with Crippen LogP contribution in [0, 0.1) is 0 Å². The van der Waals surface area contributed by atoms with E-state index in [0.29, 0.717) is 19.8 Å². The number of ether oxygens (including phenoxy) is 3. The van der Waals surface area contributed by atoms with Crippen molar-refractivity contribution in [3.63, 3.8) is 0 Å². The van der Waals surface area contributed by atoms with Crippen LogP contribution in [-0.4, -0.2) is 36.5 Å². The minimum atomic E-state index is 0.602. The van der Waals surface area contributed by atoms with Crippen LogP contribution in [0.15, 0.2) is 12.1 Å². The first-order valence-corrected chi connectivity index (χ1v) is 7.11. The predicted octanol–water partition coefficient (Wildman–Crippen LogP) is 2.41. The summed E-state index contributed by atoms with van der Waals surface area (Å²) in [5.74, 6) is 2.70. The number of aryl methyl sites for hydroxylation is 1. The lowest BCUT2D eigenvalue weighted by atomic mass is 10.2. The van der Waals surface area contributed by atoms with Crippen LogP contribution in [0.5, 0.6) is 11.5 Å². The Morgan fingerprint density at radius 1 is 1.25 bits per heavy atom. The summed E-state index contributed by atoms with van der Waals surface area (Å²) in [4.78, 5) is 4.74. The number of fused-ring (bicyclic) bond motifs is 2. The van der Waals surface area contributed by atoms with E-state index in [0.717, 1.165) is 47.7 Å². The zero-order valence-electron chi connectivity index (χ0n) is 12.0. The van der Waals surface area contributed by atoms with Crippen LogP contribution >= 0.6 is 0 Å². The van der Waals surface area contributed by atoms with Crippen molar-refractivity contribution in [3.8, 4) is 11.5 Å². The maximum Gasteiger partial charge on any atom is 0.163 e. The van der Waals surface area contributed by atoms with Crippen molar-refractivity contribution in [1.29, 1.82) is 0 Å². The maximum atomic E-state index is 5.66. The summed E-state index contributed by atoms with van der Waals surface area (Å²) in [6.07, 6.45) is 2.04. The Kier molecular flexibility index (Phi) is 3.78. The third-order valence-electron chi connectivity index (χ3n) is 3.48. The molecule has 0 unspecified atom stereocenters. The zero-order chi connectivity index (χ0) is 13.9. The van der Waals surface area contributed by atoms with E-state index in [4.69, 9.17) is 19.2 Å². The van der Waals surface area contributed by atoms with Gasteiger partial charge in [-0.15, -0.1) is 0 Å². The largest absolute Gasteiger partial charge is 0.486 e. The van der Waals surface area contributed by atoms with Crippen LogP contribution in [-0.2, 0) is 17.7 Å². The number of hydrogen-bond donors (Lipinski definition) is 0. The van der Waals surface area contributed by atoms with Crippen molar-refractivity contribution < 1.29 is 14.2 Å². The molecule has 108 valence electrons. The molecule has 0 fully saturated rings. The first kappa shape index (κ1) is 13.2. The molecule has 3 rings (SSSR count). The van der Waals surface area contributed by atoms with Gasteiger partial charge in [-0.1, -0.05) is 6.92 Å². The Labute approximate surface area is 118 Å². The Morgan fingerprint density at radius 3 is 2.70 bits per heavy atom. The van der Waals surface area contributed by atoms with Crippen LogP contribution in [0.3, 0.4) is 0 Å². The summed E-state index contributed by atoms with van der Waals surface area (Å²) in [5, 5.41) is 0. The molecule has 1 aliphatic heterocycles. The lowest BCUT2D eigenvalue weighted by molar-refractivity contribution is 0.172. The molecular formula is C15H20N2O3. The molecule has 5 nitrogen and oxygen atoms in total. The van der Waals surface area contributed by atoms with Gasteiger partial charge in [0, 0.05) is 32.2 Å². The van der Waals surface area contributed by atoms with Crippen LogP contribution in [0.4, 0.5) is 0 Å². The van der Waals surface area contributed by atoms with E-state index in [1.54, 1.807) is 7.11 Å². The second-order valence-electron chi connectivity index (χ2n) is 4.91. The normalized spacial score (nSPS) is 13.9. The quantitative estimate of drug-likeness (QED) is 0.841. The van der Waals surface area contributed by atoms with E-state index >= 15 is 0 Å². The minimum absolute atomic E-state index is 0.602. The summed E-state index contributed by atoms with van der Waals surface area (Å²) >= 11 is 0. The first-order valence-electron chi connectivity index (χ1n) is 7.11. The van der Waals surface area contributed by atoms with Gasteiger partial charge in [0.05, 0.1) is 17.6 Å². The summed E-state index contributed by atoms with van der Waals surface area (Å²) in [6, 6.07) is 4.01. The van der Waals surface area contributed by atoms with Gasteiger partial charge >= 0.3 is 0 Å². The summed E-state index contributed by atoms with van der Waals surface area (Å²) in [7, 11) is 1.72. The second kappa shape index (κ2) is 5.71. The Morgan fingerprint density at radius 2 is 2.00 bits per heavy atom. The Hall–Kier alpha value is -1.75. The van der Waals surface area contributed by atoms with Crippen LogP contribution < -0.4 is 9.47 Å². The van der Waals surface area contributed by atoms with Gasteiger partial charge in [0.2, 0.25) is 0 Å². The molecule has 0 saturated heterocycles. The van der Waals surface area contributed by atoms with E-state index in [1.807, 2.05) is 12.1 Å². The number of rotatable bonds is 5. The molecule has 0 radical (unpaired) electrons. The summed E-state index contributed by atoms with van der Waals surface area (Å²) in [5.41, 5.74) is 2.06. The topological polar surface area (TPSA) is 45.5 Å². The molecular weight excluding hydrogens is 256 g/mol. The average Bonchev–Trinajstić information content (AvgIpc) is 2.79. The van der Waals surface area contributed by atoms with Crippen molar-refractivity contribution in [2.75, 3.05) is 26.9 Å². The Balaban J connectivity index is 2.08. The molecule has 1 aromatic heterocycles. The van der Waals surface area contributed by atoms with Crippen molar-refractivity contribution in [2.45, 2.75) is 26.3 Å². The number of imidazole rings is 1. The monoisotopic (exact) mass is 276 g/mol. The van der Waals surface area contributed by atoms with Crippen LogP contribution in [0.1, 0.15) is 19.2 Å². The van der Waals surface area contributed by atoms with Gasteiger partial charge in [-0.25, -0.2) is 4.98 Å². The molecule has 0 spiro atoms. The van der Waals surface area contributed by atoms with Crippen molar-refractivity contribution >= 4 is 11.0 Å². The molecule has 0 amide bonds. The molecule has 0 bridgehead atoms. The molecule has 2 aromatic rings. The van der Waals surface area contributed by atoms with Gasteiger partial charge in [0.15, 0.2) is 11.5 Å². The van der Waals surface area contributed by atoms with Crippen molar-refractivity contribution in [1.82, 2.24) is 9.55 Å². The number of benzene rings is 1. The van der Waals surface area contributed by atoms with Crippen LogP contribution in [0.2, 0.25) is 0 Å². The fraction of sp³-hybridized carbons (Fsp3) is 0.533. The SMILES string of the molecule is CCCc1nc2cc3c(cc2n1CCOC)OCCO3. The van der Waals surface area contributed by atoms with E-state index < -0.39 is 0 Å². The first-order chi connectivity index (χ1) is 9.83. The van der Waals surface area contributed by atoms with E-state index in [9.17, 15) is 0 Å². The van der Waals surface area contributed by atoms with Gasteiger partial charge in [-0.3, -0.25) is 0 Å². The molecule has 20 heavy (non-hydrogen) atoms. The van der Waals surface area contributed by atoms with Gasteiger partial charge in [0.25, 0.3) is 0 Å². The van der Waals surface area contributed by atoms with Gasteiger partial charge in [-0.05, 0) is 6.42 Å². The zero-order valence-corrected chi connectivity index (χ0v) is 12.0. The lowest BCUT2D eigenvalue weighted by Gasteiger charge is -2.18. The fourth-order valence-electron chi connectivity index (χ4n) is 2.56. The van der Waals surface area contributed by atoms with Gasteiger partial charge in [0.1, 0.15) is 19.0 Å². The van der Waals surface area contributed by atoms with Crippen molar-refractivity contribution in [3.05, 3.63) is 18.0 Å². The van der Waals surface area contributed by atoms with E-state index in [2.05, 4.69) is 11.5 Å². The maximum absolute atomic E-state index is 5.66. The molecule has 1 aromatic carbocycles. The van der Waals surface area contributed by atoms with Crippen LogP contribution in [0.25, 0.3) is 11.0 Å². The molecule has 2 heterocycles. The van der Waals surface area contributed by atoms with Gasteiger partial charge < -0.3 is 18.8 Å². The molecule has 0 saturated carbocycles. The standard InChI is InChI=1S/C15H20N2O3/c1-3-4-15-16-11-9-13-14(20-8-7-19-13)10-12(11)17(15)5-6-18-2/h9-10H,3-8H2,1-2H3. The molecule has 5 heteroatoms. The third kappa shape index (κ3) is 2.33. The molecule has 0 N–H and O–H groups in total. The lowest BCUT2D eigenvalue weighted by Crippen LogP contribution is -2.15. The second-order valence-corrected chi connectivity index (χ2v) is 4.91. The summed E-state index contributed by atoms with van der Waals surface area (Å²) in [6.45, 7) is 4.85. The minimum Gasteiger partial charge on any atom is -0.486 e. The molecule has 0 atom stereocenters. The number of hydrogen-bond acceptors (Lipinski definition) is 4. The highest BCUT2D eigenvalue weighted by atomic mass is 16.6.